The monoisotopic (exact) mass is 289 g/mol. The number of hydrogen-bond acceptors (Lipinski definition) is 2. The zero-order chi connectivity index (χ0) is 13.4. The Balaban J connectivity index is 2.26. The SMILES string of the molecule is CN=C(NC)NCCCOc1ccc(Cl)cc1Cl. The van der Waals surface area contributed by atoms with Crippen LogP contribution < -0.4 is 15.4 Å². The molecule has 0 unspecified atom stereocenters. The fourth-order valence-electron chi connectivity index (χ4n) is 1.33. The summed E-state index contributed by atoms with van der Waals surface area (Å²) in [5, 5.41) is 7.20. The molecule has 18 heavy (non-hydrogen) atoms. The maximum absolute atomic E-state index is 5.98. The molecule has 0 aliphatic rings. The highest BCUT2D eigenvalue weighted by Gasteiger charge is 2.01. The molecule has 0 bridgehead atoms. The number of halogens is 2. The molecule has 0 aliphatic carbocycles. The van der Waals surface area contributed by atoms with Gasteiger partial charge in [-0.2, -0.15) is 0 Å². The Morgan fingerprint density at radius 3 is 2.78 bits per heavy atom. The Hall–Kier alpha value is -1.13. The van der Waals surface area contributed by atoms with Gasteiger partial charge in [0.25, 0.3) is 0 Å². The molecule has 100 valence electrons. The Labute approximate surface area is 117 Å². The van der Waals surface area contributed by atoms with Crippen molar-refractivity contribution in [2.24, 2.45) is 4.99 Å². The lowest BCUT2D eigenvalue weighted by atomic mass is 10.3. The molecular formula is C12H17Cl2N3O. The molecule has 1 aromatic rings. The Morgan fingerprint density at radius 2 is 2.17 bits per heavy atom. The van der Waals surface area contributed by atoms with Crippen LogP contribution >= 0.6 is 23.2 Å². The van der Waals surface area contributed by atoms with Gasteiger partial charge in [-0.25, -0.2) is 0 Å². The number of hydrogen-bond donors (Lipinski definition) is 2. The number of nitrogens with zero attached hydrogens (tertiary/aromatic N) is 1. The maximum Gasteiger partial charge on any atom is 0.190 e. The first-order valence-electron chi connectivity index (χ1n) is 5.63. The lowest BCUT2D eigenvalue weighted by Crippen LogP contribution is -2.35. The molecule has 0 amide bonds. The van der Waals surface area contributed by atoms with Gasteiger partial charge in [-0.05, 0) is 24.6 Å². The smallest absolute Gasteiger partial charge is 0.190 e. The summed E-state index contributed by atoms with van der Waals surface area (Å²) in [6.07, 6.45) is 0.847. The van der Waals surface area contributed by atoms with Crippen LogP contribution in [0, 0.1) is 0 Å². The van der Waals surface area contributed by atoms with Crippen LogP contribution in [0.2, 0.25) is 10.0 Å². The van der Waals surface area contributed by atoms with Crippen LogP contribution in [-0.2, 0) is 0 Å². The minimum absolute atomic E-state index is 0.529. The minimum atomic E-state index is 0.529. The van der Waals surface area contributed by atoms with Crippen LogP contribution in [0.5, 0.6) is 5.75 Å². The minimum Gasteiger partial charge on any atom is -0.492 e. The number of guanidine groups is 1. The van der Waals surface area contributed by atoms with Crippen molar-refractivity contribution in [2.45, 2.75) is 6.42 Å². The lowest BCUT2D eigenvalue weighted by Gasteiger charge is -2.10. The van der Waals surface area contributed by atoms with Crippen LogP contribution in [0.15, 0.2) is 23.2 Å². The highest BCUT2D eigenvalue weighted by molar-refractivity contribution is 6.35. The summed E-state index contributed by atoms with van der Waals surface area (Å²) in [6.45, 7) is 1.35. The van der Waals surface area contributed by atoms with E-state index in [1.54, 1.807) is 25.2 Å². The predicted molar refractivity (Wildman–Crippen MR) is 77.0 cm³/mol. The highest BCUT2D eigenvalue weighted by Crippen LogP contribution is 2.27. The van der Waals surface area contributed by atoms with Crippen molar-refractivity contribution in [2.75, 3.05) is 27.2 Å². The van der Waals surface area contributed by atoms with E-state index in [-0.39, 0.29) is 0 Å². The molecule has 2 N–H and O–H groups in total. The highest BCUT2D eigenvalue weighted by atomic mass is 35.5. The van der Waals surface area contributed by atoms with E-state index in [1.807, 2.05) is 7.05 Å². The molecule has 1 aromatic carbocycles. The van der Waals surface area contributed by atoms with E-state index in [0.717, 1.165) is 18.9 Å². The molecule has 0 radical (unpaired) electrons. The largest absolute Gasteiger partial charge is 0.492 e. The van der Waals surface area contributed by atoms with E-state index < -0.39 is 0 Å². The van der Waals surface area contributed by atoms with Gasteiger partial charge in [0.2, 0.25) is 0 Å². The van der Waals surface area contributed by atoms with Crippen LogP contribution in [0.25, 0.3) is 0 Å². The second-order valence-corrected chi connectivity index (χ2v) is 4.37. The molecule has 0 spiro atoms. The Kier molecular flexibility index (Phi) is 6.68. The molecule has 1 rings (SSSR count). The quantitative estimate of drug-likeness (QED) is 0.498. The Morgan fingerprint density at radius 1 is 1.39 bits per heavy atom. The second kappa shape index (κ2) is 8.06. The number of nitrogens with one attached hydrogen (secondary N) is 2. The lowest BCUT2D eigenvalue weighted by molar-refractivity contribution is 0.311. The van der Waals surface area contributed by atoms with E-state index in [2.05, 4.69) is 15.6 Å². The average Bonchev–Trinajstić information content (AvgIpc) is 2.36. The predicted octanol–water partition coefficient (Wildman–Crippen LogP) is 2.56. The number of rotatable bonds is 5. The van der Waals surface area contributed by atoms with Gasteiger partial charge in [0.05, 0.1) is 11.6 Å². The maximum atomic E-state index is 5.98. The van der Waals surface area contributed by atoms with Crippen LogP contribution in [0.1, 0.15) is 6.42 Å². The molecule has 0 atom stereocenters. The van der Waals surface area contributed by atoms with Crippen molar-refractivity contribution in [3.63, 3.8) is 0 Å². The standard InChI is InChI=1S/C12H17Cl2N3O/c1-15-12(16-2)17-6-3-7-18-11-5-4-9(13)8-10(11)14/h4-5,8H,3,6-7H2,1-2H3,(H2,15,16,17). The van der Waals surface area contributed by atoms with Gasteiger partial charge in [-0.1, -0.05) is 23.2 Å². The van der Waals surface area contributed by atoms with Crippen LogP contribution in [0.4, 0.5) is 0 Å². The first-order valence-corrected chi connectivity index (χ1v) is 6.39. The zero-order valence-corrected chi connectivity index (χ0v) is 12.0. The summed E-state index contributed by atoms with van der Waals surface area (Å²) in [4.78, 5) is 4.00. The van der Waals surface area contributed by atoms with Gasteiger partial charge in [0.15, 0.2) is 5.96 Å². The topological polar surface area (TPSA) is 45.7 Å². The van der Waals surface area contributed by atoms with Crippen molar-refractivity contribution in [1.29, 1.82) is 0 Å². The number of aliphatic imine (C=N–C) groups is 1. The van der Waals surface area contributed by atoms with E-state index >= 15 is 0 Å². The van der Waals surface area contributed by atoms with Crippen molar-refractivity contribution >= 4 is 29.2 Å². The van der Waals surface area contributed by atoms with Gasteiger partial charge in [-0.15, -0.1) is 0 Å². The third-order valence-electron chi connectivity index (χ3n) is 2.23. The fourth-order valence-corrected chi connectivity index (χ4v) is 1.80. The molecule has 0 aliphatic heterocycles. The molecular weight excluding hydrogens is 273 g/mol. The van der Waals surface area contributed by atoms with Crippen LogP contribution in [-0.4, -0.2) is 33.2 Å². The van der Waals surface area contributed by atoms with E-state index in [1.165, 1.54) is 0 Å². The van der Waals surface area contributed by atoms with Gasteiger partial charge >= 0.3 is 0 Å². The van der Waals surface area contributed by atoms with E-state index in [0.29, 0.717) is 22.4 Å². The van der Waals surface area contributed by atoms with Crippen molar-refractivity contribution in [3.05, 3.63) is 28.2 Å². The summed E-state index contributed by atoms with van der Waals surface area (Å²) in [5.74, 6) is 1.42. The summed E-state index contributed by atoms with van der Waals surface area (Å²) in [5.41, 5.74) is 0. The fraction of sp³-hybridized carbons (Fsp3) is 0.417. The number of benzene rings is 1. The van der Waals surface area contributed by atoms with Gasteiger partial charge in [0.1, 0.15) is 5.75 Å². The third kappa shape index (κ3) is 5.02. The summed E-state index contributed by atoms with van der Waals surface area (Å²) in [7, 11) is 3.54. The number of ether oxygens (including phenoxy) is 1. The molecule has 0 aromatic heterocycles. The summed E-state index contributed by atoms with van der Waals surface area (Å²) >= 11 is 11.8. The van der Waals surface area contributed by atoms with Gasteiger partial charge in [-0.3, -0.25) is 4.99 Å². The Bertz CT molecular complexity index is 410. The normalized spacial score (nSPS) is 11.2. The average molecular weight is 290 g/mol. The summed E-state index contributed by atoms with van der Waals surface area (Å²) < 4.78 is 5.55. The molecule has 4 nitrogen and oxygen atoms in total. The van der Waals surface area contributed by atoms with Crippen molar-refractivity contribution in [3.8, 4) is 5.75 Å². The van der Waals surface area contributed by atoms with E-state index in [4.69, 9.17) is 27.9 Å². The molecule has 0 saturated heterocycles. The zero-order valence-electron chi connectivity index (χ0n) is 10.5. The van der Waals surface area contributed by atoms with Gasteiger partial charge < -0.3 is 15.4 Å². The summed E-state index contributed by atoms with van der Waals surface area (Å²) in [6, 6.07) is 5.19. The first-order chi connectivity index (χ1) is 8.67. The first kappa shape index (κ1) is 14.9. The molecule has 0 fully saturated rings. The second-order valence-electron chi connectivity index (χ2n) is 3.53. The third-order valence-corrected chi connectivity index (χ3v) is 2.76. The van der Waals surface area contributed by atoms with E-state index in [9.17, 15) is 0 Å². The molecule has 0 heterocycles. The van der Waals surface area contributed by atoms with Crippen molar-refractivity contribution in [1.82, 2.24) is 10.6 Å². The van der Waals surface area contributed by atoms with Crippen LogP contribution in [0.3, 0.4) is 0 Å². The molecule has 0 saturated carbocycles. The molecule has 6 heteroatoms. The van der Waals surface area contributed by atoms with Gasteiger partial charge in [0, 0.05) is 25.7 Å². The van der Waals surface area contributed by atoms with Crippen molar-refractivity contribution < 1.29 is 4.74 Å².